The number of nitrogens with zero attached hydrogens (tertiary/aromatic N) is 2. The second kappa shape index (κ2) is 10.6. The van der Waals surface area contributed by atoms with Gasteiger partial charge in [-0.3, -0.25) is 14.9 Å². The quantitative estimate of drug-likeness (QED) is 0.141. The van der Waals surface area contributed by atoms with E-state index in [-0.39, 0.29) is 11.4 Å². The summed E-state index contributed by atoms with van der Waals surface area (Å²) >= 11 is 6.01. The third-order valence-electron chi connectivity index (χ3n) is 4.08. The van der Waals surface area contributed by atoms with Crippen LogP contribution in [0.15, 0.2) is 84.0 Å². The highest BCUT2D eigenvalue weighted by atomic mass is 35.5. The largest absolute Gasteiger partial charge is 0.423 e. The first-order valence-corrected chi connectivity index (χ1v) is 9.62. The number of halogens is 1. The molecule has 32 heavy (non-hydrogen) atoms. The molecule has 9 heteroatoms. The minimum absolute atomic E-state index is 0.0886. The van der Waals surface area contributed by atoms with Crippen molar-refractivity contribution in [1.82, 2.24) is 5.43 Å². The lowest BCUT2D eigenvalue weighted by Gasteiger charge is -2.06. The van der Waals surface area contributed by atoms with E-state index in [2.05, 4.69) is 10.5 Å². The molecule has 0 aliphatic carbocycles. The summed E-state index contributed by atoms with van der Waals surface area (Å²) in [5, 5.41) is 15.1. The fourth-order valence-electron chi connectivity index (χ4n) is 2.58. The van der Waals surface area contributed by atoms with Gasteiger partial charge in [0.25, 0.3) is 11.6 Å². The molecule has 0 atom stereocenters. The van der Waals surface area contributed by atoms with E-state index in [4.69, 9.17) is 16.3 Å². The minimum Gasteiger partial charge on any atom is -0.423 e. The highest BCUT2D eigenvalue weighted by Crippen LogP contribution is 2.22. The summed E-state index contributed by atoms with van der Waals surface area (Å²) in [5.74, 6) is -0.940. The standard InChI is InChI=1S/C23H16ClN3O5/c24-19-10-11-21(18(14-19)15-25-26-23(29)17-6-2-1-3-7-17)32-22(28)12-9-16-5-4-8-20(13-16)27(30)31/h1-15H,(H,26,29)/b12-9+,25-15+. The molecule has 0 bridgehead atoms. The SMILES string of the molecule is O=C(/C=C/c1cccc([N+](=O)[O-])c1)Oc1ccc(Cl)cc1/C=N/NC(=O)c1ccccc1. The molecule has 0 saturated heterocycles. The van der Waals surface area contributed by atoms with Crippen molar-refractivity contribution >= 4 is 41.5 Å². The lowest BCUT2D eigenvalue weighted by atomic mass is 10.2. The van der Waals surface area contributed by atoms with E-state index < -0.39 is 16.8 Å². The third kappa shape index (κ3) is 6.35. The van der Waals surface area contributed by atoms with Crippen LogP contribution in [0.1, 0.15) is 21.5 Å². The van der Waals surface area contributed by atoms with Crippen molar-refractivity contribution in [1.29, 1.82) is 0 Å². The molecule has 0 radical (unpaired) electrons. The van der Waals surface area contributed by atoms with Gasteiger partial charge in [0.05, 0.1) is 11.1 Å². The summed E-state index contributed by atoms with van der Waals surface area (Å²) in [4.78, 5) is 34.6. The zero-order chi connectivity index (χ0) is 22.9. The number of hydrogen-bond acceptors (Lipinski definition) is 6. The molecular formula is C23H16ClN3O5. The Labute approximate surface area is 187 Å². The number of hydrazone groups is 1. The van der Waals surface area contributed by atoms with E-state index in [9.17, 15) is 19.7 Å². The Balaban J connectivity index is 1.69. The molecule has 3 aromatic carbocycles. The Bertz CT molecular complexity index is 1210. The molecule has 0 spiro atoms. The lowest BCUT2D eigenvalue weighted by Crippen LogP contribution is -2.17. The van der Waals surface area contributed by atoms with Gasteiger partial charge in [0.2, 0.25) is 0 Å². The Morgan fingerprint density at radius 1 is 1.03 bits per heavy atom. The molecule has 0 heterocycles. The van der Waals surface area contributed by atoms with E-state index >= 15 is 0 Å². The summed E-state index contributed by atoms with van der Waals surface area (Å²) in [7, 11) is 0. The molecule has 0 unspecified atom stereocenters. The maximum absolute atomic E-state index is 12.2. The van der Waals surface area contributed by atoms with Crippen LogP contribution >= 0.6 is 11.6 Å². The molecule has 3 aromatic rings. The second-order valence-electron chi connectivity index (χ2n) is 6.35. The van der Waals surface area contributed by atoms with Gasteiger partial charge in [-0.05, 0) is 42.0 Å². The molecule has 1 amide bonds. The van der Waals surface area contributed by atoms with Crippen LogP contribution in [0.4, 0.5) is 5.69 Å². The average molecular weight is 450 g/mol. The van der Waals surface area contributed by atoms with Gasteiger partial charge in [-0.25, -0.2) is 10.2 Å². The van der Waals surface area contributed by atoms with Crippen LogP contribution in [0, 0.1) is 10.1 Å². The Morgan fingerprint density at radius 2 is 1.81 bits per heavy atom. The van der Waals surface area contributed by atoms with Gasteiger partial charge >= 0.3 is 5.97 Å². The van der Waals surface area contributed by atoms with Gasteiger partial charge in [-0.2, -0.15) is 5.10 Å². The van der Waals surface area contributed by atoms with Crippen molar-refractivity contribution in [2.45, 2.75) is 0 Å². The number of rotatable bonds is 7. The van der Waals surface area contributed by atoms with Crippen molar-refractivity contribution in [2.75, 3.05) is 0 Å². The highest BCUT2D eigenvalue weighted by Gasteiger charge is 2.09. The fourth-order valence-corrected chi connectivity index (χ4v) is 2.76. The maximum Gasteiger partial charge on any atom is 0.336 e. The van der Waals surface area contributed by atoms with E-state index in [1.807, 2.05) is 0 Å². The van der Waals surface area contributed by atoms with Crippen molar-refractivity contribution in [3.8, 4) is 5.75 Å². The van der Waals surface area contributed by atoms with Gasteiger partial charge in [0.1, 0.15) is 5.75 Å². The molecule has 1 N–H and O–H groups in total. The van der Waals surface area contributed by atoms with Crippen LogP contribution in [0.2, 0.25) is 5.02 Å². The summed E-state index contributed by atoms with van der Waals surface area (Å²) < 4.78 is 5.32. The van der Waals surface area contributed by atoms with Gasteiger partial charge < -0.3 is 4.74 Å². The number of carbonyl (C=O) groups excluding carboxylic acids is 2. The summed E-state index contributed by atoms with van der Waals surface area (Å²) in [6.07, 6.45) is 3.85. The first-order valence-electron chi connectivity index (χ1n) is 9.25. The van der Waals surface area contributed by atoms with Gasteiger partial charge in [0, 0.05) is 34.4 Å². The Kier molecular flexibility index (Phi) is 7.45. The van der Waals surface area contributed by atoms with Crippen LogP contribution in [0.25, 0.3) is 6.08 Å². The fraction of sp³-hybridized carbons (Fsp3) is 0. The van der Waals surface area contributed by atoms with Gasteiger partial charge in [0.15, 0.2) is 0 Å². The molecule has 0 aliphatic rings. The Morgan fingerprint density at radius 3 is 2.56 bits per heavy atom. The van der Waals surface area contributed by atoms with E-state index in [1.165, 1.54) is 48.7 Å². The number of hydrogen-bond donors (Lipinski definition) is 1. The smallest absolute Gasteiger partial charge is 0.336 e. The number of nitro groups is 1. The zero-order valence-corrected chi connectivity index (χ0v) is 17.2. The number of nitrogens with one attached hydrogen (secondary N) is 1. The van der Waals surface area contributed by atoms with E-state index in [0.717, 1.165) is 6.08 Å². The van der Waals surface area contributed by atoms with Gasteiger partial charge in [-0.1, -0.05) is 41.9 Å². The summed E-state index contributed by atoms with van der Waals surface area (Å²) in [6.45, 7) is 0. The first-order chi connectivity index (χ1) is 15.4. The zero-order valence-electron chi connectivity index (χ0n) is 16.5. The molecule has 160 valence electrons. The predicted molar refractivity (Wildman–Crippen MR) is 121 cm³/mol. The first kappa shape index (κ1) is 22.4. The monoisotopic (exact) mass is 449 g/mol. The lowest BCUT2D eigenvalue weighted by molar-refractivity contribution is -0.384. The molecule has 0 saturated carbocycles. The van der Waals surface area contributed by atoms with Crippen LogP contribution in [-0.2, 0) is 4.79 Å². The highest BCUT2D eigenvalue weighted by molar-refractivity contribution is 6.31. The van der Waals surface area contributed by atoms with Crippen LogP contribution in [-0.4, -0.2) is 23.0 Å². The number of benzene rings is 3. The number of carbonyl (C=O) groups is 2. The molecule has 0 fully saturated rings. The molecular weight excluding hydrogens is 434 g/mol. The average Bonchev–Trinajstić information content (AvgIpc) is 2.80. The number of amides is 1. The van der Waals surface area contributed by atoms with E-state index in [0.29, 0.717) is 21.7 Å². The minimum atomic E-state index is -0.707. The predicted octanol–water partition coefficient (Wildman–Crippen LogP) is 4.63. The topological polar surface area (TPSA) is 111 Å². The third-order valence-corrected chi connectivity index (χ3v) is 4.32. The molecule has 0 aliphatic heterocycles. The van der Waals surface area contributed by atoms with Crippen molar-refractivity contribution in [3.05, 3.63) is 111 Å². The number of nitro benzene ring substituents is 1. The summed E-state index contributed by atoms with van der Waals surface area (Å²) in [5.41, 5.74) is 3.57. The van der Waals surface area contributed by atoms with Crippen molar-refractivity contribution in [3.63, 3.8) is 0 Å². The normalized spacial score (nSPS) is 10.9. The van der Waals surface area contributed by atoms with Crippen molar-refractivity contribution < 1.29 is 19.2 Å². The van der Waals surface area contributed by atoms with Crippen molar-refractivity contribution in [2.24, 2.45) is 5.10 Å². The number of non-ortho nitro benzene ring substituents is 1. The van der Waals surface area contributed by atoms with Gasteiger partial charge in [-0.15, -0.1) is 0 Å². The van der Waals surface area contributed by atoms with E-state index in [1.54, 1.807) is 36.4 Å². The number of ether oxygens (including phenoxy) is 1. The van der Waals surface area contributed by atoms with Crippen LogP contribution < -0.4 is 10.2 Å². The van der Waals surface area contributed by atoms with Crippen LogP contribution in [0.5, 0.6) is 5.75 Å². The summed E-state index contributed by atoms with van der Waals surface area (Å²) in [6, 6.07) is 18.9. The maximum atomic E-state index is 12.2. The molecule has 3 rings (SSSR count). The number of esters is 1. The molecule has 8 nitrogen and oxygen atoms in total. The second-order valence-corrected chi connectivity index (χ2v) is 6.79. The van der Waals surface area contributed by atoms with Crippen LogP contribution in [0.3, 0.4) is 0 Å². The Hall–Kier alpha value is -4.30. The molecule has 0 aromatic heterocycles.